The van der Waals surface area contributed by atoms with Gasteiger partial charge in [-0.05, 0) is 82.3 Å². The first-order valence-electron chi connectivity index (χ1n) is 8.69. The standard InChI is InChI=1S/C19H30N2O3/c1-13(14-8-10-20-11-9-14)16-12-15(23-5)6-7-17(16)21-18(22)24-19(2,3)4/h6-7,12-14,20H,8-11H2,1-5H3,(H,21,22). The van der Waals surface area contributed by atoms with Gasteiger partial charge in [-0.25, -0.2) is 4.79 Å². The third-order valence-electron chi connectivity index (χ3n) is 4.48. The van der Waals surface area contributed by atoms with Crippen LogP contribution in [0.4, 0.5) is 10.5 Å². The second-order valence-electron chi connectivity index (χ2n) is 7.46. The van der Waals surface area contributed by atoms with Crippen molar-refractivity contribution in [1.29, 1.82) is 0 Å². The molecule has 0 radical (unpaired) electrons. The van der Waals surface area contributed by atoms with Crippen LogP contribution in [0.15, 0.2) is 18.2 Å². The first-order valence-corrected chi connectivity index (χ1v) is 8.69. The molecule has 5 nitrogen and oxygen atoms in total. The summed E-state index contributed by atoms with van der Waals surface area (Å²) in [7, 11) is 1.66. The molecule has 1 aromatic carbocycles. The molecule has 1 aliphatic heterocycles. The number of anilines is 1. The van der Waals surface area contributed by atoms with Gasteiger partial charge in [-0.3, -0.25) is 5.32 Å². The van der Waals surface area contributed by atoms with Gasteiger partial charge in [0, 0.05) is 5.69 Å². The summed E-state index contributed by atoms with van der Waals surface area (Å²) < 4.78 is 10.8. The third-order valence-corrected chi connectivity index (χ3v) is 4.48. The molecule has 1 aromatic rings. The van der Waals surface area contributed by atoms with Crippen molar-refractivity contribution in [2.24, 2.45) is 5.92 Å². The number of piperidine rings is 1. The molecule has 24 heavy (non-hydrogen) atoms. The number of carbonyl (C=O) groups excluding carboxylic acids is 1. The second kappa shape index (κ2) is 7.88. The number of nitrogens with one attached hydrogen (secondary N) is 2. The summed E-state index contributed by atoms with van der Waals surface area (Å²) in [5.74, 6) is 1.74. The quantitative estimate of drug-likeness (QED) is 0.868. The van der Waals surface area contributed by atoms with Crippen molar-refractivity contribution in [3.63, 3.8) is 0 Å². The molecule has 1 heterocycles. The van der Waals surface area contributed by atoms with E-state index in [1.54, 1.807) is 7.11 Å². The van der Waals surface area contributed by atoms with Crippen LogP contribution in [0.2, 0.25) is 0 Å². The van der Waals surface area contributed by atoms with E-state index in [2.05, 4.69) is 17.6 Å². The Morgan fingerprint density at radius 2 is 1.96 bits per heavy atom. The number of ether oxygens (including phenoxy) is 2. The average Bonchev–Trinajstić information content (AvgIpc) is 2.53. The molecule has 134 valence electrons. The third kappa shape index (κ3) is 5.13. The van der Waals surface area contributed by atoms with Gasteiger partial charge < -0.3 is 14.8 Å². The zero-order chi connectivity index (χ0) is 17.7. The maximum Gasteiger partial charge on any atom is 0.412 e. The Bertz CT molecular complexity index is 560. The van der Waals surface area contributed by atoms with Crippen LogP contribution >= 0.6 is 0 Å². The lowest BCUT2D eigenvalue weighted by molar-refractivity contribution is 0.0635. The smallest absolute Gasteiger partial charge is 0.412 e. The Morgan fingerprint density at radius 3 is 2.54 bits per heavy atom. The van der Waals surface area contributed by atoms with E-state index in [0.717, 1.165) is 42.9 Å². The summed E-state index contributed by atoms with van der Waals surface area (Å²) in [6.45, 7) is 9.91. The Hall–Kier alpha value is -1.75. The summed E-state index contributed by atoms with van der Waals surface area (Å²) in [5.41, 5.74) is 1.39. The molecule has 0 aromatic heterocycles. The van der Waals surface area contributed by atoms with Gasteiger partial charge in [0.2, 0.25) is 0 Å². The van der Waals surface area contributed by atoms with E-state index in [1.165, 1.54) is 0 Å². The van der Waals surface area contributed by atoms with Gasteiger partial charge in [-0.15, -0.1) is 0 Å². The monoisotopic (exact) mass is 334 g/mol. The Morgan fingerprint density at radius 1 is 1.29 bits per heavy atom. The Balaban J connectivity index is 2.22. The minimum atomic E-state index is -0.516. The van der Waals surface area contributed by atoms with Gasteiger partial charge in [-0.1, -0.05) is 6.92 Å². The van der Waals surface area contributed by atoms with Crippen LogP contribution in [0, 0.1) is 5.92 Å². The number of amides is 1. The van der Waals surface area contributed by atoms with Crippen molar-refractivity contribution in [2.75, 3.05) is 25.5 Å². The Kier molecular flexibility index (Phi) is 6.10. The SMILES string of the molecule is COc1ccc(NC(=O)OC(C)(C)C)c(C(C)C2CCNCC2)c1. The van der Waals surface area contributed by atoms with Gasteiger partial charge in [0.05, 0.1) is 7.11 Å². The number of carbonyl (C=O) groups is 1. The highest BCUT2D eigenvalue weighted by Crippen LogP contribution is 2.36. The molecule has 0 spiro atoms. The van der Waals surface area contributed by atoms with E-state index in [4.69, 9.17) is 9.47 Å². The molecular weight excluding hydrogens is 304 g/mol. The van der Waals surface area contributed by atoms with Gasteiger partial charge >= 0.3 is 6.09 Å². The van der Waals surface area contributed by atoms with Crippen molar-refractivity contribution in [3.8, 4) is 5.75 Å². The predicted octanol–water partition coefficient (Wildman–Crippen LogP) is 4.15. The number of hydrogen-bond donors (Lipinski definition) is 2. The second-order valence-corrected chi connectivity index (χ2v) is 7.46. The molecule has 1 saturated heterocycles. The van der Waals surface area contributed by atoms with Crippen molar-refractivity contribution in [3.05, 3.63) is 23.8 Å². The first kappa shape index (κ1) is 18.6. The van der Waals surface area contributed by atoms with Crippen LogP contribution in [0.1, 0.15) is 52.0 Å². The molecule has 1 fully saturated rings. The normalized spacial score (nSPS) is 17.2. The number of benzene rings is 1. The molecule has 5 heteroatoms. The van der Waals surface area contributed by atoms with Crippen molar-refractivity contribution in [1.82, 2.24) is 5.32 Å². The summed E-state index contributed by atoms with van der Waals surface area (Å²) in [6.07, 6.45) is 1.86. The maximum absolute atomic E-state index is 12.2. The fourth-order valence-corrected chi connectivity index (χ4v) is 3.17. The van der Waals surface area contributed by atoms with E-state index >= 15 is 0 Å². The van der Waals surface area contributed by atoms with Gasteiger partial charge in [0.25, 0.3) is 0 Å². The minimum Gasteiger partial charge on any atom is -0.497 e. The van der Waals surface area contributed by atoms with E-state index in [-0.39, 0.29) is 0 Å². The molecule has 1 amide bonds. The molecule has 0 aliphatic carbocycles. The number of rotatable bonds is 4. The largest absolute Gasteiger partial charge is 0.497 e. The van der Waals surface area contributed by atoms with E-state index in [9.17, 15) is 4.79 Å². The maximum atomic E-state index is 12.2. The topological polar surface area (TPSA) is 59.6 Å². The van der Waals surface area contributed by atoms with Crippen LogP contribution in [0.5, 0.6) is 5.75 Å². The molecule has 0 saturated carbocycles. The van der Waals surface area contributed by atoms with Crippen molar-refractivity contribution < 1.29 is 14.3 Å². The highest BCUT2D eigenvalue weighted by atomic mass is 16.6. The van der Waals surface area contributed by atoms with Gasteiger partial charge in [-0.2, -0.15) is 0 Å². The average molecular weight is 334 g/mol. The number of methoxy groups -OCH3 is 1. The zero-order valence-electron chi connectivity index (χ0n) is 15.4. The molecular formula is C19H30N2O3. The minimum absolute atomic E-state index is 0.340. The van der Waals surface area contributed by atoms with E-state index in [1.807, 2.05) is 39.0 Å². The lowest BCUT2D eigenvalue weighted by Crippen LogP contribution is -2.31. The van der Waals surface area contributed by atoms with Crippen LogP contribution in [-0.2, 0) is 4.74 Å². The van der Waals surface area contributed by atoms with Crippen LogP contribution in [0.25, 0.3) is 0 Å². The van der Waals surface area contributed by atoms with Gasteiger partial charge in [0.1, 0.15) is 11.4 Å². The van der Waals surface area contributed by atoms with Crippen LogP contribution in [0.3, 0.4) is 0 Å². The van der Waals surface area contributed by atoms with Crippen LogP contribution < -0.4 is 15.4 Å². The fraction of sp³-hybridized carbons (Fsp3) is 0.632. The van der Waals surface area contributed by atoms with Gasteiger partial charge in [0.15, 0.2) is 0 Å². The summed E-state index contributed by atoms with van der Waals surface area (Å²) in [6, 6.07) is 5.79. The highest BCUT2D eigenvalue weighted by Gasteiger charge is 2.25. The summed E-state index contributed by atoms with van der Waals surface area (Å²) in [5, 5.41) is 6.31. The van der Waals surface area contributed by atoms with Crippen molar-refractivity contribution in [2.45, 2.75) is 52.1 Å². The Labute approximate surface area is 145 Å². The predicted molar refractivity (Wildman–Crippen MR) is 96.9 cm³/mol. The highest BCUT2D eigenvalue weighted by molar-refractivity contribution is 5.86. The summed E-state index contributed by atoms with van der Waals surface area (Å²) in [4.78, 5) is 12.2. The fourth-order valence-electron chi connectivity index (χ4n) is 3.17. The summed E-state index contributed by atoms with van der Waals surface area (Å²) >= 11 is 0. The van der Waals surface area contributed by atoms with E-state index < -0.39 is 11.7 Å². The van der Waals surface area contributed by atoms with E-state index in [0.29, 0.717) is 11.8 Å². The molecule has 2 rings (SSSR count). The van der Waals surface area contributed by atoms with Crippen molar-refractivity contribution >= 4 is 11.8 Å². The lowest BCUT2D eigenvalue weighted by Gasteiger charge is -2.30. The van der Waals surface area contributed by atoms with Crippen LogP contribution in [-0.4, -0.2) is 31.9 Å². The lowest BCUT2D eigenvalue weighted by atomic mass is 9.81. The first-order chi connectivity index (χ1) is 11.3. The molecule has 0 bridgehead atoms. The molecule has 2 N–H and O–H groups in total. The molecule has 1 aliphatic rings. The molecule has 1 unspecified atom stereocenters. The zero-order valence-corrected chi connectivity index (χ0v) is 15.4. The molecule has 1 atom stereocenters. The number of hydrogen-bond acceptors (Lipinski definition) is 4.